The molecule has 2 aromatic rings. The van der Waals surface area contributed by atoms with Gasteiger partial charge in [0.15, 0.2) is 11.6 Å². The third kappa shape index (κ3) is 1.86. The van der Waals surface area contributed by atoms with Crippen molar-refractivity contribution in [3.63, 3.8) is 0 Å². The van der Waals surface area contributed by atoms with Crippen molar-refractivity contribution < 1.29 is 9.18 Å². The van der Waals surface area contributed by atoms with E-state index in [1.807, 2.05) is 0 Å². The number of carbonyl (C=O) groups is 1. The zero-order chi connectivity index (χ0) is 11.7. The van der Waals surface area contributed by atoms with Crippen LogP contribution in [0.5, 0.6) is 0 Å². The number of nitrogens with zero attached hydrogens (tertiary/aromatic N) is 1. The number of H-pyrrole nitrogens is 1. The van der Waals surface area contributed by atoms with E-state index in [0.717, 1.165) is 5.69 Å². The van der Waals surface area contributed by atoms with Crippen LogP contribution in [-0.4, -0.2) is 15.8 Å². The second-order valence-corrected chi connectivity index (χ2v) is 3.63. The van der Waals surface area contributed by atoms with Crippen LogP contribution in [0.3, 0.4) is 0 Å². The summed E-state index contributed by atoms with van der Waals surface area (Å²) in [6.07, 6.45) is 0. The number of aryl methyl sites for hydroxylation is 1. The van der Waals surface area contributed by atoms with Gasteiger partial charge in [-0.3, -0.25) is 4.79 Å². The number of hydrogen-bond donors (Lipinski definition) is 1. The molecule has 2 rings (SSSR count). The number of benzene rings is 1. The van der Waals surface area contributed by atoms with Gasteiger partial charge in [-0.15, -0.1) is 0 Å². The van der Waals surface area contributed by atoms with E-state index in [-0.39, 0.29) is 11.6 Å². The molecule has 1 N–H and O–H groups in total. The van der Waals surface area contributed by atoms with Crippen LogP contribution in [0.25, 0.3) is 11.3 Å². The SMILES string of the molecule is CC(=O)c1nc(-c2cccc(F)c2)c(C)[nH]1. The number of imidazole rings is 1. The summed E-state index contributed by atoms with van der Waals surface area (Å²) in [4.78, 5) is 18.2. The van der Waals surface area contributed by atoms with Crippen molar-refractivity contribution in [2.75, 3.05) is 0 Å². The number of rotatable bonds is 2. The summed E-state index contributed by atoms with van der Waals surface area (Å²) in [6, 6.07) is 6.15. The number of aromatic nitrogens is 2. The Bertz CT molecular complexity index is 546. The van der Waals surface area contributed by atoms with Gasteiger partial charge in [0.05, 0.1) is 5.69 Å². The van der Waals surface area contributed by atoms with Gasteiger partial charge in [0.2, 0.25) is 0 Å². The van der Waals surface area contributed by atoms with Gasteiger partial charge in [-0.05, 0) is 19.1 Å². The third-order valence-electron chi connectivity index (χ3n) is 2.32. The molecule has 0 aliphatic carbocycles. The summed E-state index contributed by atoms with van der Waals surface area (Å²) in [7, 11) is 0. The van der Waals surface area contributed by atoms with Crippen LogP contribution in [0.2, 0.25) is 0 Å². The number of hydrogen-bond acceptors (Lipinski definition) is 2. The first-order chi connectivity index (χ1) is 7.58. The van der Waals surface area contributed by atoms with Gasteiger partial charge in [-0.1, -0.05) is 12.1 Å². The van der Waals surface area contributed by atoms with Crippen molar-refractivity contribution in [2.24, 2.45) is 0 Å². The van der Waals surface area contributed by atoms with Gasteiger partial charge in [-0.2, -0.15) is 0 Å². The van der Waals surface area contributed by atoms with Gasteiger partial charge >= 0.3 is 0 Å². The molecule has 0 aliphatic rings. The Labute approximate surface area is 92.3 Å². The molecule has 4 heteroatoms. The summed E-state index contributed by atoms with van der Waals surface area (Å²) < 4.78 is 13.0. The molecular weight excluding hydrogens is 207 g/mol. The Morgan fingerprint density at radius 3 is 2.75 bits per heavy atom. The molecule has 16 heavy (non-hydrogen) atoms. The molecule has 1 aromatic heterocycles. The molecule has 0 spiro atoms. The molecule has 0 saturated heterocycles. The smallest absolute Gasteiger partial charge is 0.195 e. The van der Waals surface area contributed by atoms with Crippen LogP contribution < -0.4 is 0 Å². The topological polar surface area (TPSA) is 45.8 Å². The number of Topliss-reactive ketones (excluding diaryl/α,β-unsaturated/α-hetero) is 1. The highest BCUT2D eigenvalue weighted by atomic mass is 19.1. The molecule has 0 saturated carbocycles. The molecule has 0 radical (unpaired) electrons. The summed E-state index contributed by atoms with van der Waals surface area (Å²) in [5.74, 6) is -0.146. The van der Waals surface area contributed by atoms with Crippen molar-refractivity contribution in [3.8, 4) is 11.3 Å². The number of aromatic amines is 1. The molecule has 82 valence electrons. The highest BCUT2D eigenvalue weighted by Gasteiger charge is 2.11. The number of halogens is 1. The molecule has 0 fully saturated rings. The quantitative estimate of drug-likeness (QED) is 0.788. The highest BCUT2D eigenvalue weighted by molar-refractivity contribution is 5.91. The van der Waals surface area contributed by atoms with Crippen molar-refractivity contribution in [1.82, 2.24) is 9.97 Å². The lowest BCUT2D eigenvalue weighted by Crippen LogP contribution is -1.94. The Morgan fingerprint density at radius 2 is 2.19 bits per heavy atom. The number of carbonyl (C=O) groups excluding carboxylic acids is 1. The van der Waals surface area contributed by atoms with E-state index in [1.165, 1.54) is 19.1 Å². The van der Waals surface area contributed by atoms with Crippen molar-refractivity contribution in [2.45, 2.75) is 13.8 Å². The van der Waals surface area contributed by atoms with Crippen LogP contribution in [0.4, 0.5) is 4.39 Å². The second-order valence-electron chi connectivity index (χ2n) is 3.63. The lowest BCUT2D eigenvalue weighted by molar-refractivity contribution is 0.100. The fourth-order valence-electron chi connectivity index (χ4n) is 1.54. The van der Waals surface area contributed by atoms with Gasteiger partial charge in [-0.25, -0.2) is 9.37 Å². The first-order valence-corrected chi connectivity index (χ1v) is 4.91. The predicted molar refractivity (Wildman–Crippen MR) is 58.7 cm³/mol. The van der Waals surface area contributed by atoms with Crippen LogP contribution in [-0.2, 0) is 0 Å². The molecule has 0 unspecified atom stereocenters. The second kappa shape index (κ2) is 3.89. The van der Waals surface area contributed by atoms with E-state index < -0.39 is 0 Å². The largest absolute Gasteiger partial charge is 0.339 e. The summed E-state index contributed by atoms with van der Waals surface area (Å²) in [5.41, 5.74) is 2.04. The maximum absolute atomic E-state index is 13.0. The summed E-state index contributed by atoms with van der Waals surface area (Å²) >= 11 is 0. The van der Waals surface area contributed by atoms with Crippen LogP contribution >= 0.6 is 0 Å². The van der Waals surface area contributed by atoms with E-state index in [1.54, 1.807) is 19.1 Å². The lowest BCUT2D eigenvalue weighted by atomic mass is 10.1. The Hall–Kier alpha value is -1.97. The lowest BCUT2D eigenvalue weighted by Gasteiger charge is -1.97. The fraction of sp³-hybridized carbons (Fsp3) is 0.167. The predicted octanol–water partition coefficient (Wildman–Crippen LogP) is 2.73. The molecule has 0 atom stereocenters. The van der Waals surface area contributed by atoms with E-state index in [0.29, 0.717) is 17.1 Å². The Kier molecular flexibility index (Phi) is 2.56. The minimum Gasteiger partial charge on any atom is -0.339 e. The average Bonchev–Trinajstić information content (AvgIpc) is 2.60. The monoisotopic (exact) mass is 218 g/mol. The molecule has 0 amide bonds. The number of nitrogens with one attached hydrogen (secondary N) is 1. The number of ketones is 1. The maximum atomic E-state index is 13.0. The van der Waals surface area contributed by atoms with E-state index >= 15 is 0 Å². The zero-order valence-electron chi connectivity index (χ0n) is 9.04. The normalized spacial score (nSPS) is 10.4. The van der Waals surface area contributed by atoms with Gasteiger partial charge in [0, 0.05) is 18.2 Å². The fourth-order valence-corrected chi connectivity index (χ4v) is 1.54. The third-order valence-corrected chi connectivity index (χ3v) is 2.32. The summed E-state index contributed by atoms with van der Waals surface area (Å²) in [5, 5.41) is 0. The molecule has 0 bridgehead atoms. The van der Waals surface area contributed by atoms with Gasteiger partial charge < -0.3 is 4.98 Å². The van der Waals surface area contributed by atoms with E-state index in [9.17, 15) is 9.18 Å². The van der Waals surface area contributed by atoms with E-state index in [2.05, 4.69) is 9.97 Å². The Balaban J connectivity index is 2.52. The molecule has 0 aliphatic heterocycles. The maximum Gasteiger partial charge on any atom is 0.195 e. The average molecular weight is 218 g/mol. The first kappa shape index (κ1) is 10.5. The van der Waals surface area contributed by atoms with Gasteiger partial charge in [0.1, 0.15) is 5.82 Å². The Morgan fingerprint density at radius 1 is 1.44 bits per heavy atom. The molecule has 1 heterocycles. The van der Waals surface area contributed by atoms with E-state index in [4.69, 9.17) is 0 Å². The van der Waals surface area contributed by atoms with Crippen molar-refractivity contribution in [3.05, 3.63) is 41.6 Å². The molecular formula is C12H11FN2O. The van der Waals surface area contributed by atoms with Crippen molar-refractivity contribution in [1.29, 1.82) is 0 Å². The first-order valence-electron chi connectivity index (χ1n) is 4.91. The van der Waals surface area contributed by atoms with Crippen molar-refractivity contribution >= 4 is 5.78 Å². The minimum absolute atomic E-state index is 0.134. The van der Waals surface area contributed by atoms with Crippen LogP contribution in [0.15, 0.2) is 24.3 Å². The van der Waals surface area contributed by atoms with Crippen LogP contribution in [0, 0.1) is 12.7 Å². The molecule has 1 aromatic carbocycles. The minimum atomic E-state index is -0.315. The van der Waals surface area contributed by atoms with Gasteiger partial charge in [0.25, 0.3) is 0 Å². The standard InChI is InChI=1S/C12H11FN2O/c1-7-11(15-12(14-7)8(2)16)9-4-3-5-10(13)6-9/h3-6H,1-2H3,(H,14,15). The zero-order valence-corrected chi connectivity index (χ0v) is 9.04. The summed E-state index contributed by atoms with van der Waals surface area (Å²) in [6.45, 7) is 3.24. The molecule has 3 nitrogen and oxygen atoms in total. The van der Waals surface area contributed by atoms with Crippen LogP contribution in [0.1, 0.15) is 23.2 Å². The highest BCUT2D eigenvalue weighted by Crippen LogP contribution is 2.21.